The molecule has 2 aliphatic rings. The lowest BCUT2D eigenvalue weighted by atomic mass is 10.00. The van der Waals surface area contributed by atoms with Crippen molar-refractivity contribution >= 4 is 0 Å². The number of aryl methyl sites for hydroxylation is 1. The van der Waals surface area contributed by atoms with Crippen LogP contribution in [0.3, 0.4) is 0 Å². The van der Waals surface area contributed by atoms with Gasteiger partial charge in [0.2, 0.25) is 0 Å². The van der Waals surface area contributed by atoms with Crippen molar-refractivity contribution in [1.82, 2.24) is 0 Å². The maximum atomic E-state index is 9.09. The molecule has 0 bridgehead atoms. The van der Waals surface area contributed by atoms with Gasteiger partial charge in [0.15, 0.2) is 0 Å². The maximum Gasteiger partial charge on any atom is 0.123 e. The van der Waals surface area contributed by atoms with Gasteiger partial charge in [0.25, 0.3) is 0 Å². The van der Waals surface area contributed by atoms with Crippen LogP contribution in [0.4, 0.5) is 0 Å². The highest BCUT2D eigenvalue weighted by Crippen LogP contribution is 2.52. The van der Waals surface area contributed by atoms with E-state index in [2.05, 4.69) is 12.1 Å². The molecule has 1 saturated carbocycles. The third-order valence-electron chi connectivity index (χ3n) is 3.50. The fourth-order valence-corrected chi connectivity index (χ4v) is 2.45. The number of fused-ring (bicyclic) bond motifs is 1. The molecule has 1 aromatic rings. The minimum atomic E-state index is -0.0108. The van der Waals surface area contributed by atoms with Crippen LogP contribution in [0.15, 0.2) is 24.3 Å². The molecule has 0 saturated heterocycles. The van der Waals surface area contributed by atoms with Crippen LogP contribution in [0, 0.1) is 5.92 Å². The molecule has 1 N–H and O–H groups in total. The molecule has 0 aromatic heterocycles. The Balaban J connectivity index is 1.88. The van der Waals surface area contributed by atoms with Crippen LogP contribution in [0.2, 0.25) is 0 Å². The van der Waals surface area contributed by atoms with E-state index in [-0.39, 0.29) is 12.2 Å². The third-order valence-corrected chi connectivity index (χ3v) is 3.50. The lowest BCUT2D eigenvalue weighted by Gasteiger charge is -2.27. The van der Waals surface area contributed by atoms with E-state index in [9.17, 15) is 0 Å². The Morgan fingerprint density at radius 3 is 3.07 bits per heavy atom. The molecule has 1 spiro atoms. The minimum Gasteiger partial charge on any atom is -0.487 e. The van der Waals surface area contributed by atoms with Crippen LogP contribution < -0.4 is 4.74 Å². The molecular formula is C12H14O2. The first kappa shape index (κ1) is 8.30. The molecular weight excluding hydrogens is 176 g/mol. The number of hydrogen-bond acceptors (Lipinski definition) is 2. The monoisotopic (exact) mass is 190 g/mol. The molecule has 0 radical (unpaired) electrons. The number of aliphatic hydroxyl groups excluding tert-OH is 1. The zero-order valence-electron chi connectivity index (χ0n) is 8.07. The van der Waals surface area contributed by atoms with E-state index in [4.69, 9.17) is 9.84 Å². The molecule has 74 valence electrons. The summed E-state index contributed by atoms with van der Waals surface area (Å²) in [6.07, 6.45) is 3.18. The van der Waals surface area contributed by atoms with E-state index in [1.165, 1.54) is 5.56 Å². The highest BCUT2D eigenvalue weighted by Gasteiger charge is 2.57. The van der Waals surface area contributed by atoms with Crippen LogP contribution in [0.1, 0.15) is 18.4 Å². The van der Waals surface area contributed by atoms with Crippen molar-refractivity contribution < 1.29 is 9.84 Å². The maximum absolute atomic E-state index is 9.09. The van der Waals surface area contributed by atoms with Gasteiger partial charge in [0, 0.05) is 12.5 Å². The van der Waals surface area contributed by atoms with Gasteiger partial charge in [-0.15, -0.1) is 0 Å². The van der Waals surface area contributed by atoms with Crippen molar-refractivity contribution in [2.24, 2.45) is 5.92 Å². The first-order valence-corrected chi connectivity index (χ1v) is 5.22. The van der Waals surface area contributed by atoms with Gasteiger partial charge >= 0.3 is 0 Å². The van der Waals surface area contributed by atoms with Gasteiger partial charge < -0.3 is 9.84 Å². The van der Waals surface area contributed by atoms with Gasteiger partial charge in [0.1, 0.15) is 11.4 Å². The normalized spacial score (nSPS) is 33.6. The Labute approximate surface area is 83.5 Å². The van der Waals surface area contributed by atoms with Crippen molar-refractivity contribution in [3.8, 4) is 5.75 Å². The van der Waals surface area contributed by atoms with Crippen LogP contribution in [-0.4, -0.2) is 17.3 Å². The molecule has 1 heterocycles. The highest BCUT2D eigenvalue weighted by atomic mass is 16.5. The fourth-order valence-electron chi connectivity index (χ4n) is 2.45. The lowest BCUT2D eigenvalue weighted by molar-refractivity contribution is 0.114. The van der Waals surface area contributed by atoms with Crippen molar-refractivity contribution in [3.05, 3.63) is 29.8 Å². The van der Waals surface area contributed by atoms with E-state index >= 15 is 0 Å². The Morgan fingerprint density at radius 2 is 2.29 bits per heavy atom. The molecule has 1 aromatic carbocycles. The SMILES string of the molecule is OC[C@H]1C[C@@]12CCc1ccccc1O2. The van der Waals surface area contributed by atoms with Crippen molar-refractivity contribution in [2.45, 2.75) is 24.9 Å². The van der Waals surface area contributed by atoms with Crippen molar-refractivity contribution in [1.29, 1.82) is 0 Å². The number of ether oxygens (including phenoxy) is 1. The summed E-state index contributed by atoms with van der Waals surface area (Å²) in [5.41, 5.74) is 1.30. The summed E-state index contributed by atoms with van der Waals surface area (Å²) in [6.45, 7) is 0.266. The fraction of sp³-hybridized carbons (Fsp3) is 0.500. The predicted octanol–water partition coefficient (Wildman–Crippen LogP) is 1.76. The molecule has 14 heavy (non-hydrogen) atoms. The number of rotatable bonds is 1. The Kier molecular flexibility index (Phi) is 1.62. The van der Waals surface area contributed by atoms with Gasteiger partial charge in [-0.2, -0.15) is 0 Å². The lowest BCUT2D eigenvalue weighted by Crippen LogP contribution is -2.27. The average molecular weight is 190 g/mol. The van der Waals surface area contributed by atoms with Crippen molar-refractivity contribution in [2.75, 3.05) is 6.61 Å². The Morgan fingerprint density at radius 1 is 1.43 bits per heavy atom. The Hall–Kier alpha value is -1.02. The first-order valence-electron chi connectivity index (χ1n) is 5.22. The summed E-state index contributed by atoms with van der Waals surface area (Å²) in [5, 5.41) is 9.09. The van der Waals surface area contributed by atoms with Gasteiger partial charge in [-0.3, -0.25) is 0 Å². The average Bonchev–Trinajstić information content (AvgIpc) is 2.91. The van der Waals surface area contributed by atoms with Crippen LogP contribution in [-0.2, 0) is 6.42 Å². The summed E-state index contributed by atoms with van der Waals surface area (Å²) in [7, 11) is 0. The van der Waals surface area contributed by atoms with Crippen LogP contribution >= 0.6 is 0 Å². The second-order valence-corrected chi connectivity index (χ2v) is 4.36. The van der Waals surface area contributed by atoms with Gasteiger partial charge in [-0.05, 0) is 30.9 Å². The summed E-state index contributed by atoms with van der Waals surface area (Å²) >= 11 is 0. The number of hydrogen-bond donors (Lipinski definition) is 1. The zero-order chi connectivity index (χ0) is 9.60. The molecule has 0 unspecified atom stereocenters. The van der Waals surface area contributed by atoms with E-state index in [0.717, 1.165) is 25.0 Å². The predicted molar refractivity (Wildman–Crippen MR) is 53.3 cm³/mol. The zero-order valence-corrected chi connectivity index (χ0v) is 8.07. The quantitative estimate of drug-likeness (QED) is 0.731. The molecule has 1 aliphatic heterocycles. The molecule has 0 amide bonds. The summed E-state index contributed by atoms with van der Waals surface area (Å²) in [6, 6.07) is 8.21. The second kappa shape index (κ2) is 2.74. The topological polar surface area (TPSA) is 29.5 Å². The molecule has 1 fully saturated rings. The molecule has 2 atom stereocenters. The molecule has 1 aliphatic carbocycles. The van der Waals surface area contributed by atoms with E-state index in [1.54, 1.807) is 0 Å². The van der Waals surface area contributed by atoms with E-state index in [1.807, 2.05) is 12.1 Å². The number of benzene rings is 1. The summed E-state index contributed by atoms with van der Waals surface area (Å²) in [4.78, 5) is 0. The molecule has 3 rings (SSSR count). The van der Waals surface area contributed by atoms with E-state index in [0.29, 0.717) is 5.92 Å². The smallest absolute Gasteiger partial charge is 0.123 e. The third kappa shape index (κ3) is 1.07. The van der Waals surface area contributed by atoms with Gasteiger partial charge in [-0.25, -0.2) is 0 Å². The molecule has 2 nitrogen and oxygen atoms in total. The first-order chi connectivity index (χ1) is 6.84. The minimum absolute atomic E-state index is 0.0108. The van der Waals surface area contributed by atoms with Gasteiger partial charge in [0.05, 0.1) is 0 Å². The Bertz CT molecular complexity index is 361. The largest absolute Gasteiger partial charge is 0.487 e. The van der Waals surface area contributed by atoms with Crippen molar-refractivity contribution in [3.63, 3.8) is 0 Å². The summed E-state index contributed by atoms with van der Waals surface area (Å²) in [5.74, 6) is 1.39. The number of aliphatic hydroxyl groups is 1. The second-order valence-electron chi connectivity index (χ2n) is 4.36. The standard InChI is InChI=1S/C12H14O2/c13-8-10-7-12(10)6-5-9-3-1-2-4-11(9)14-12/h1-4,10,13H,5-8H2/t10-,12+/m1/s1. The summed E-state index contributed by atoms with van der Waals surface area (Å²) < 4.78 is 5.97. The number of para-hydroxylation sites is 1. The van der Waals surface area contributed by atoms with Crippen LogP contribution in [0.25, 0.3) is 0 Å². The van der Waals surface area contributed by atoms with Gasteiger partial charge in [-0.1, -0.05) is 18.2 Å². The van der Waals surface area contributed by atoms with Crippen LogP contribution in [0.5, 0.6) is 5.75 Å². The molecule has 2 heteroatoms. The highest BCUT2D eigenvalue weighted by molar-refractivity contribution is 5.37. The van der Waals surface area contributed by atoms with E-state index < -0.39 is 0 Å².